The Hall–Kier alpha value is -8.48. The van der Waals surface area contributed by atoms with Crippen LogP contribution in [0.15, 0.2) is 121 Å². The molecule has 7 N–H and O–H groups in total. The number of amides is 2. The number of likely N-dealkylation sites (tertiary alicyclic amines) is 2. The van der Waals surface area contributed by atoms with E-state index in [1.165, 1.54) is 34.2 Å². The monoisotopic (exact) mass is 1550 g/mol. The molecule has 9 heterocycles. The topological polar surface area (TPSA) is 352 Å². The number of rotatable bonds is 12. The molecule has 4 aliphatic heterocycles. The van der Waals surface area contributed by atoms with Crippen molar-refractivity contribution in [2.24, 2.45) is 0 Å². The summed E-state index contributed by atoms with van der Waals surface area (Å²) >= 11 is 24.6. The standard InChI is InChI=1S/C16H18ClN3O2.C15H17ClFN3O.C14H11ClN2O2S.C13H15N5O2S.C12H15ClN4O2S/c17-11-7-12(13-9-18-19-14(13)8-11)10-1-5-20(6-2-10)15(21)16(22)3-4-16;16-11-7-12(13-9-18-19-14(13)8-11)10-2-5-20(6-3-10)15(21)1-4-17;1-20(18,19)11-4-2-9(3-5-11)12-6-10(15)7-14-13(12)8-16-17-14;1-21(19,20)18-4-2-17(3-5-18)13-7-10(8-14)6-12-11(13)9-15-16-12;1-20(18,19)16-9-2-3-17(7-9)12-5-8(13)4-11-10(12)6-14-15-11/h7-10,22H,1-6H2,(H,18,19);7-10H,1-6H2,(H,18,19);2-8H,1H3,(H,16,17);6-7,9H,2-5H2,1H3,(H,15,16);4-6,9,16H,2-3,7H2,1H3,(H,14,15). The zero-order valence-corrected chi connectivity index (χ0v) is 62.4. The Balaban J connectivity index is 0.000000122. The fourth-order valence-electron chi connectivity index (χ4n) is 13.9. The number of anilines is 2. The lowest BCUT2D eigenvalue weighted by molar-refractivity contribution is -0.143. The molecule has 11 aromatic rings. The highest BCUT2D eigenvalue weighted by molar-refractivity contribution is 7.90. The van der Waals surface area contributed by atoms with Crippen LogP contribution in [0.1, 0.15) is 79.9 Å². The van der Waals surface area contributed by atoms with Gasteiger partial charge >= 0.3 is 0 Å². The third-order valence-corrected chi connectivity index (χ3v) is 23.4. The molecule has 0 spiro atoms. The number of piperazine rings is 1. The van der Waals surface area contributed by atoms with Crippen molar-refractivity contribution in [3.63, 3.8) is 0 Å². The molecule has 548 valence electrons. The van der Waals surface area contributed by atoms with Gasteiger partial charge in [0.05, 0.1) is 101 Å². The van der Waals surface area contributed by atoms with Crippen LogP contribution in [0.2, 0.25) is 20.1 Å². The van der Waals surface area contributed by atoms with Crippen LogP contribution in [0.25, 0.3) is 65.6 Å². The third-order valence-electron chi connectivity index (χ3n) is 19.3. The Bertz CT molecular complexity index is 5350. The average molecular weight is 1560 g/mol. The lowest BCUT2D eigenvalue weighted by Crippen LogP contribution is -2.48. The first-order chi connectivity index (χ1) is 49.6. The molecule has 2 amide bonds. The molecule has 5 aromatic heterocycles. The molecule has 1 saturated carbocycles. The van der Waals surface area contributed by atoms with Crippen molar-refractivity contribution in [1.29, 1.82) is 5.26 Å². The number of nitrogens with one attached hydrogen (secondary N) is 6. The summed E-state index contributed by atoms with van der Waals surface area (Å²) in [7, 11) is -9.50. The summed E-state index contributed by atoms with van der Waals surface area (Å²) in [6, 6.07) is 27.5. The minimum Gasteiger partial charge on any atom is -0.380 e. The van der Waals surface area contributed by atoms with E-state index in [2.05, 4.69) is 71.6 Å². The van der Waals surface area contributed by atoms with Gasteiger partial charge in [-0.25, -0.2) is 30.0 Å². The number of nitriles is 1. The van der Waals surface area contributed by atoms with E-state index in [1.54, 1.807) is 64.8 Å². The molecule has 1 aliphatic carbocycles. The Labute approximate surface area is 619 Å². The van der Waals surface area contributed by atoms with E-state index >= 15 is 0 Å². The van der Waals surface area contributed by atoms with Crippen LogP contribution >= 0.6 is 46.4 Å². The van der Waals surface area contributed by atoms with Gasteiger partial charge in [0.1, 0.15) is 5.60 Å². The van der Waals surface area contributed by atoms with Gasteiger partial charge < -0.3 is 24.7 Å². The second kappa shape index (κ2) is 31.7. The Morgan fingerprint density at radius 1 is 0.567 bits per heavy atom. The molecule has 0 radical (unpaired) electrons. The van der Waals surface area contributed by atoms with Gasteiger partial charge in [-0.05, 0) is 152 Å². The molecule has 16 rings (SSSR count). The zero-order valence-electron chi connectivity index (χ0n) is 56.9. The number of sulfonamides is 2. The molecule has 0 bridgehead atoms. The highest BCUT2D eigenvalue weighted by Crippen LogP contribution is 2.41. The summed E-state index contributed by atoms with van der Waals surface area (Å²) in [4.78, 5) is 32.0. The number of aliphatic hydroxyl groups is 1. The van der Waals surface area contributed by atoms with Crippen molar-refractivity contribution in [2.75, 3.05) is 101 Å². The number of aromatic amines is 5. The first-order valence-electron chi connectivity index (χ1n) is 33.6. The summed E-state index contributed by atoms with van der Waals surface area (Å²) < 4.78 is 85.0. The van der Waals surface area contributed by atoms with Crippen LogP contribution in [0, 0.1) is 11.3 Å². The molecule has 104 heavy (non-hydrogen) atoms. The largest absolute Gasteiger partial charge is 0.380 e. The summed E-state index contributed by atoms with van der Waals surface area (Å²) in [5.74, 6) is 0.552. The van der Waals surface area contributed by atoms with E-state index < -0.39 is 42.2 Å². The number of hydrogen-bond acceptors (Lipinski definition) is 17. The van der Waals surface area contributed by atoms with Gasteiger partial charge in [-0.3, -0.25) is 39.5 Å². The number of halogens is 5. The van der Waals surface area contributed by atoms with Crippen LogP contribution in [0.3, 0.4) is 0 Å². The van der Waals surface area contributed by atoms with Crippen molar-refractivity contribution >= 4 is 154 Å². The lowest BCUT2D eigenvalue weighted by Gasteiger charge is -2.35. The van der Waals surface area contributed by atoms with E-state index in [0.717, 1.165) is 116 Å². The Morgan fingerprint density at radius 2 is 1.02 bits per heavy atom. The maximum absolute atomic E-state index is 12.3. The molecule has 5 aliphatic rings. The number of nitrogens with zero attached hydrogens (tertiary/aromatic N) is 11. The fraction of sp³-hybridized carbons (Fsp3) is 0.371. The molecule has 6 aromatic carbocycles. The van der Waals surface area contributed by atoms with Crippen LogP contribution in [0.4, 0.5) is 15.8 Å². The summed E-state index contributed by atoms with van der Waals surface area (Å²) in [5, 5.41) is 61.6. The predicted octanol–water partition coefficient (Wildman–Crippen LogP) is 10.9. The lowest BCUT2D eigenvalue weighted by atomic mass is 9.87. The van der Waals surface area contributed by atoms with Crippen LogP contribution in [0.5, 0.6) is 0 Å². The molecule has 26 nitrogen and oxygen atoms in total. The smallest absolute Gasteiger partial charge is 0.254 e. The molecule has 5 fully saturated rings. The van der Waals surface area contributed by atoms with Gasteiger partial charge in [-0.15, -0.1) is 0 Å². The molecular formula is C70H76Cl4FN17O9S3. The van der Waals surface area contributed by atoms with Gasteiger partial charge in [0.2, 0.25) is 26.0 Å². The third kappa shape index (κ3) is 17.9. The highest BCUT2D eigenvalue weighted by atomic mass is 35.5. The summed E-state index contributed by atoms with van der Waals surface area (Å²) in [6.07, 6.45) is 18.0. The molecule has 1 atom stereocenters. The van der Waals surface area contributed by atoms with E-state index in [4.69, 9.17) is 51.7 Å². The first-order valence-corrected chi connectivity index (χ1v) is 40.7. The van der Waals surface area contributed by atoms with Gasteiger partial charge in [-0.1, -0.05) is 58.5 Å². The number of alkyl halides is 1. The fourth-order valence-corrected chi connectivity index (χ4v) is 17.0. The summed E-state index contributed by atoms with van der Waals surface area (Å²) in [6.45, 7) is 5.68. The number of H-pyrrole nitrogens is 5. The van der Waals surface area contributed by atoms with Crippen LogP contribution < -0.4 is 14.5 Å². The normalized spacial score (nSPS) is 17.4. The second-order valence-corrected chi connectivity index (χ2v) is 34.1. The van der Waals surface area contributed by atoms with Crippen molar-refractivity contribution in [1.82, 2.24) is 69.8 Å². The van der Waals surface area contributed by atoms with Crippen molar-refractivity contribution < 1.29 is 44.3 Å². The molecule has 34 heteroatoms. The second-order valence-electron chi connectivity index (χ2n) is 26.6. The maximum atomic E-state index is 12.3. The van der Waals surface area contributed by atoms with E-state index in [-0.39, 0.29) is 24.3 Å². The Morgan fingerprint density at radius 3 is 1.50 bits per heavy atom. The minimum atomic E-state index is -3.19. The number of carbonyl (C=O) groups is 2. The zero-order chi connectivity index (χ0) is 73.8. The molecular weight excluding hydrogens is 1480 g/mol. The van der Waals surface area contributed by atoms with Gasteiger partial charge in [0, 0.05) is 136 Å². The average Bonchev–Trinajstić information content (AvgIpc) is 1.31. The Kier molecular flexibility index (Phi) is 22.9. The van der Waals surface area contributed by atoms with Gasteiger partial charge in [0.25, 0.3) is 5.91 Å². The van der Waals surface area contributed by atoms with E-state index in [9.17, 15) is 44.3 Å². The number of piperidine rings is 2. The summed E-state index contributed by atoms with van der Waals surface area (Å²) in [5.41, 5.74) is 10.0. The van der Waals surface area contributed by atoms with Crippen molar-refractivity contribution in [3.05, 3.63) is 153 Å². The van der Waals surface area contributed by atoms with Crippen LogP contribution in [-0.2, 0) is 39.5 Å². The van der Waals surface area contributed by atoms with E-state index in [0.29, 0.717) is 114 Å². The van der Waals surface area contributed by atoms with E-state index in [1.807, 2.05) is 60.9 Å². The number of fused-ring (bicyclic) bond motifs is 5. The number of benzene rings is 6. The molecule has 1 unspecified atom stereocenters. The number of aromatic nitrogens is 10. The SMILES string of the molecule is CS(=O)(=O)N1CCN(c2cc(C#N)cc3[nH]ncc23)CC1.CS(=O)(=O)NC1CCN(c2cc(Cl)cc3[nH]ncc23)C1.CS(=O)(=O)c1ccc(-c2cc(Cl)cc3[nH]ncc23)cc1.O=C(CCF)N1CCC(c2cc(Cl)cc3[nH]ncc23)CC1.O=C(N1CCC(c2cc(Cl)cc3[nH]ncc23)CC1)C1(O)CC1. The highest BCUT2D eigenvalue weighted by Gasteiger charge is 2.50. The number of carbonyl (C=O) groups excluding carboxylic acids is 2. The van der Waals surface area contributed by atoms with Crippen molar-refractivity contribution in [2.45, 2.75) is 79.7 Å². The molecule has 4 saturated heterocycles. The predicted molar refractivity (Wildman–Crippen MR) is 403 cm³/mol. The quantitative estimate of drug-likeness (QED) is 0.0597. The van der Waals surface area contributed by atoms with Gasteiger partial charge in [0.15, 0.2) is 9.84 Å². The number of sulfone groups is 1. The first kappa shape index (κ1) is 75.2. The van der Waals surface area contributed by atoms with Crippen molar-refractivity contribution in [3.8, 4) is 17.2 Å². The van der Waals surface area contributed by atoms with Gasteiger partial charge in [-0.2, -0.15) is 35.1 Å². The number of hydrogen-bond donors (Lipinski definition) is 7. The minimum absolute atomic E-state index is 0.00614. The van der Waals surface area contributed by atoms with Crippen LogP contribution in [-0.4, -0.2) is 210 Å². The maximum Gasteiger partial charge on any atom is 0.254 e.